The van der Waals surface area contributed by atoms with Crippen molar-refractivity contribution in [2.45, 2.75) is 58.0 Å². The first kappa shape index (κ1) is 15.1. The van der Waals surface area contributed by atoms with Gasteiger partial charge in [0.1, 0.15) is 11.9 Å². The number of allylic oxidation sites excluding steroid dienone is 2. The third-order valence-electron chi connectivity index (χ3n) is 4.25. The molecule has 1 heterocycles. The lowest BCUT2D eigenvalue weighted by molar-refractivity contribution is 0.105. The van der Waals surface area contributed by atoms with E-state index in [1.165, 1.54) is 31.3 Å². The summed E-state index contributed by atoms with van der Waals surface area (Å²) in [6, 6.07) is 3.66. The van der Waals surface area contributed by atoms with Crippen molar-refractivity contribution in [3.8, 4) is 0 Å². The van der Waals surface area contributed by atoms with Crippen LogP contribution in [0, 0.1) is 5.92 Å². The van der Waals surface area contributed by atoms with Gasteiger partial charge in [0, 0.05) is 5.92 Å². The maximum atomic E-state index is 10.4. The molecule has 0 amide bonds. The molecule has 1 aliphatic rings. The van der Waals surface area contributed by atoms with Gasteiger partial charge in [-0.1, -0.05) is 38.8 Å². The van der Waals surface area contributed by atoms with Gasteiger partial charge in [0.25, 0.3) is 0 Å². The van der Waals surface area contributed by atoms with Crippen LogP contribution >= 0.6 is 0 Å². The maximum absolute atomic E-state index is 10.4. The van der Waals surface area contributed by atoms with Crippen LogP contribution in [-0.4, -0.2) is 5.11 Å². The summed E-state index contributed by atoms with van der Waals surface area (Å²) in [5.74, 6) is 0.767. The summed E-state index contributed by atoms with van der Waals surface area (Å²) in [5.41, 5.74) is 2.45. The highest BCUT2D eigenvalue weighted by molar-refractivity contribution is 5.36. The number of unbranched alkanes of at least 4 members (excludes halogenated alkanes) is 4. The molecule has 1 N–H and O–H groups in total. The Hall–Kier alpha value is -1.28. The summed E-state index contributed by atoms with van der Waals surface area (Å²) in [5, 5.41) is 10.4. The lowest BCUT2D eigenvalue weighted by Gasteiger charge is -2.16. The first-order valence-electron chi connectivity index (χ1n) is 7.83. The number of hydrogen-bond donors (Lipinski definition) is 1. The van der Waals surface area contributed by atoms with Crippen LogP contribution in [0.2, 0.25) is 0 Å². The van der Waals surface area contributed by atoms with Gasteiger partial charge < -0.3 is 9.52 Å². The normalized spacial score (nSPS) is 22.6. The quantitative estimate of drug-likeness (QED) is 0.695. The van der Waals surface area contributed by atoms with E-state index >= 15 is 0 Å². The lowest BCUT2D eigenvalue weighted by Crippen LogP contribution is -2.09. The summed E-state index contributed by atoms with van der Waals surface area (Å²) < 4.78 is 5.31. The average molecular weight is 274 g/mol. The molecule has 0 aliphatic heterocycles. The number of aliphatic hydroxyl groups excluding tert-OH is 1. The molecule has 1 fully saturated rings. The second-order valence-corrected chi connectivity index (χ2v) is 5.71. The van der Waals surface area contributed by atoms with Crippen molar-refractivity contribution in [3.63, 3.8) is 0 Å². The van der Waals surface area contributed by atoms with Gasteiger partial charge in [-0.3, -0.25) is 0 Å². The molecule has 20 heavy (non-hydrogen) atoms. The van der Waals surface area contributed by atoms with E-state index in [4.69, 9.17) is 4.42 Å². The van der Waals surface area contributed by atoms with Crippen LogP contribution in [0.4, 0.5) is 0 Å². The number of rotatable bonds is 7. The maximum Gasteiger partial charge on any atom is 0.132 e. The molecule has 1 saturated carbocycles. The fourth-order valence-electron chi connectivity index (χ4n) is 2.97. The minimum atomic E-state index is -0.552. The third-order valence-corrected chi connectivity index (χ3v) is 4.25. The zero-order chi connectivity index (χ0) is 14.4. The molecule has 2 nitrogen and oxygen atoms in total. The number of hydrogen-bond acceptors (Lipinski definition) is 2. The van der Waals surface area contributed by atoms with Gasteiger partial charge in [-0.05, 0) is 49.0 Å². The van der Waals surface area contributed by atoms with Crippen molar-refractivity contribution in [2.75, 3.05) is 0 Å². The molecule has 0 radical (unpaired) electrons. The summed E-state index contributed by atoms with van der Waals surface area (Å²) in [6.45, 7) is 6.43. The molecular weight excluding hydrogens is 248 g/mol. The van der Waals surface area contributed by atoms with Gasteiger partial charge in [-0.15, -0.1) is 0 Å². The Kier molecular flexibility index (Phi) is 5.66. The SMILES string of the molecule is C=C1/C(=C/CCCCCC)CC[C@H]1[C@H](O)c1ccco1. The Morgan fingerprint density at radius 1 is 1.45 bits per heavy atom. The van der Waals surface area contributed by atoms with Crippen molar-refractivity contribution in [1.29, 1.82) is 0 Å². The molecule has 2 heteroatoms. The Bertz CT molecular complexity index is 442. The molecule has 0 aromatic carbocycles. The molecule has 1 aromatic heterocycles. The largest absolute Gasteiger partial charge is 0.467 e. The summed E-state index contributed by atoms with van der Waals surface area (Å²) in [4.78, 5) is 0. The second-order valence-electron chi connectivity index (χ2n) is 5.71. The summed E-state index contributed by atoms with van der Waals surface area (Å²) >= 11 is 0. The van der Waals surface area contributed by atoms with Gasteiger partial charge in [0.2, 0.25) is 0 Å². The smallest absolute Gasteiger partial charge is 0.132 e. The molecular formula is C18H26O2. The van der Waals surface area contributed by atoms with Crippen molar-refractivity contribution in [3.05, 3.63) is 48.0 Å². The monoisotopic (exact) mass is 274 g/mol. The van der Waals surface area contributed by atoms with Gasteiger partial charge in [-0.2, -0.15) is 0 Å². The van der Waals surface area contributed by atoms with Crippen LogP contribution < -0.4 is 0 Å². The van der Waals surface area contributed by atoms with E-state index in [1.54, 1.807) is 6.26 Å². The lowest BCUT2D eigenvalue weighted by atomic mass is 9.94. The van der Waals surface area contributed by atoms with Crippen LogP contribution in [0.3, 0.4) is 0 Å². The Balaban J connectivity index is 1.87. The molecule has 2 rings (SSSR count). The van der Waals surface area contributed by atoms with Gasteiger partial charge >= 0.3 is 0 Å². The zero-order valence-corrected chi connectivity index (χ0v) is 12.5. The summed E-state index contributed by atoms with van der Waals surface area (Å²) in [6.07, 6.45) is 11.7. The molecule has 0 unspecified atom stereocenters. The van der Waals surface area contributed by atoms with Crippen LogP contribution in [0.5, 0.6) is 0 Å². The average Bonchev–Trinajstić information content (AvgIpc) is 3.09. The van der Waals surface area contributed by atoms with Crippen LogP contribution in [0.1, 0.15) is 63.7 Å². The highest BCUT2D eigenvalue weighted by atomic mass is 16.4. The van der Waals surface area contributed by atoms with E-state index in [2.05, 4.69) is 19.6 Å². The highest BCUT2D eigenvalue weighted by Gasteiger charge is 2.31. The standard InChI is InChI=1S/C18H26O2/c1-3-4-5-6-7-9-15-11-12-16(14(15)2)18(19)17-10-8-13-20-17/h8-10,13,16,18-19H,2-7,11-12H2,1H3/b15-9+/t16-,18+/m1/s1. The van der Waals surface area contributed by atoms with Crippen molar-refractivity contribution in [1.82, 2.24) is 0 Å². The van der Waals surface area contributed by atoms with E-state index in [1.807, 2.05) is 12.1 Å². The molecule has 0 spiro atoms. The second kappa shape index (κ2) is 7.49. The summed E-state index contributed by atoms with van der Waals surface area (Å²) in [7, 11) is 0. The molecule has 110 valence electrons. The van der Waals surface area contributed by atoms with E-state index in [0.29, 0.717) is 5.76 Å². The Morgan fingerprint density at radius 2 is 2.30 bits per heavy atom. The molecule has 2 atom stereocenters. The van der Waals surface area contributed by atoms with Crippen LogP contribution in [0.15, 0.2) is 46.6 Å². The van der Waals surface area contributed by atoms with Crippen molar-refractivity contribution in [2.24, 2.45) is 5.92 Å². The first-order chi connectivity index (χ1) is 9.74. The minimum Gasteiger partial charge on any atom is -0.467 e. The Morgan fingerprint density at radius 3 is 3.00 bits per heavy atom. The first-order valence-corrected chi connectivity index (χ1v) is 7.83. The van der Waals surface area contributed by atoms with Crippen LogP contribution in [0.25, 0.3) is 0 Å². The van der Waals surface area contributed by atoms with E-state index in [-0.39, 0.29) is 5.92 Å². The van der Waals surface area contributed by atoms with E-state index in [9.17, 15) is 5.11 Å². The highest BCUT2D eigenvalue weighted by Crippen LogP contribution is 2.42. The van der Waals surface area contributed by atoms with Gasteiger partial charge in [-0.25, -0.2) is 0 Å². The van der Waals surface area contributed by atoms with Crippen molar-refractivity contribution < 1.29 is 9.52 Å². The third kappa shape index (κ3) is 3.63. The van der Waals surface area contributed by atoms with Crippen LogP contribution in [-0.2, 0) is 0 Å². The zero-order valence-electron chi connectivity index (χ0n) is 12.5. The van der Waals surface area contributed by atoms with Gasteiger partial charge in [0.15, 0.2) is 0 Å². The number of aliphatic hydroxyl groups is 1. The molecule has 0 saturated heterocycles. The fourth-order valence-corrected chi connectivity index (χ4v) is 2.97. The Labute approximate surface area is 122 Å². The van der Waals surface area contributed by atoms with E-state index < -0.39 is 6.10 Å². The van der Waals surface area contributed by atoms with Gasteiger partial charge in [0.05, 0.1) is 6.26 Å². The number of furan rings is 1. The molecule has 1 aliphatic carbocycles. The molecule has 1 aromatic rings. The topological polar surface area (TPSA) is 33.4 Å². The predicted octanol–water partition coefficient (Wildman–Crippen LogP) is 5.18. The van der Waals surface area contributed by atoms with Crippen molar-refractivity contribution >= 4 is 0 Å². The van der Waals surface area contributed by atoms with E-state index in [0.717, 1.165) is 24.8 Å². The fraction of sp³-hybridized carbons (Fsp3) is 0.556. The molecule has 0 bridgehead atoms. The minimum absolute atomic E-state index is 0.114. The predicted molar refractivity (Wildman–Crippen MR) is 82.4 cm³/mol.